The molecule has 23 heavy (non-hydrogen) atoms. The fourth-order valence-electron chi connectivity index (χ4n) is 2.91. The molecule has 0 radical (unpaired) electrons. The average Bonchev–Trinajstić information content (AvgIpc) is 2.54. The number of likely N-dealkylation sites (N-methyl/N-ethyl adjacent to an activating group) is 1. The van der Waals surface area contributed by atoms with E-state index in [-0.39, 0.29) is 11.9 Å². The number of hydrogen-bond donors (Lipinski definition) is 1. The van der Waals surface area contributed by atoms with Crippen molar-refractivity contribution in [3.05, 3.63) is 21.1 Å². The Hall–Kier alpha value is -0.980. The van der Waals surface area contributed by atoms with Crippen molar-refractivity contribution in [1.29, 1.82) is 0 Å². The van der Waals surface area contributed by atoms with Gasteiger partial charge in [-0.2, -0.15) is 0 Å². The molecule has 1 atom stereocenters. The Morgan fingerprint density at radius 2 is 2.13 bits per heavy atom. The summed E-state index contributed by atoms with van der Waals surface area (Å²) in [5.41, 5.74) is 0.322. The maximum atomic E-state index is 12.8. The third-order valence-electron chi connectivity index (χ3n) is 4.06. The lowest BCUT2D eigenvalue weighted by molar-refractivity contribution is 0.0899. The van der Waals surface area contributed by atoms with E-state index < -0.39 is 0 Å². The number of halogens is 2. The third kappa shape index (κ3) is 4.11. The van der Waals surface area contributed by atoms with Gasteiger partial charge in [-0.25, -0.2) is 0 Å². The van der Waals surface area contributed by atoms with Gasteiger partial charge in [-0.3, -0.25) is 4.79 Å². The van der Waals surface area contributed by atoms with Crippen molar-refractivity contribution in [2.45, 2.75) is 25.8 Å². The lowest BCUT2D eigenvalue weighted by Crippen LogP contribution is -2.47. The molecule has 1 fully saturated rings. The highest BCUT2D eigenvalue weighted by Crippen LogP contribution is 2.41. The monoisotopic (exact) mass is 404 g/mol. The highest BCUT2D eigenvalue weighted by molar-refractivity contribution is 9.10. The molecular formula is C16H22BrClN2O3. The quantitative estimate of drug-likeness (QED) is 0.816. The van der Waals surface area contributed by atoms with Gasteiger partial charge in [0, 0.05) is 12.6 Å². The van der Waals surface area contributed by atoms with E-state index in [4.69, 9.17) is 21.1 Å². The van der Waals surface area contributed by atoms with Crippen LogP contribution in [0.25, 0.3) is 0 Å². The van der Waals surface area contributed by atoms with E-state index in [1.54, 1.807) is 6.07 Å². The second-order valence-corrected chi connectivity index (χ2v) is 6.75. The van der Waals surface area contributed by atoms with Gasteiger partial charge in [0.05, 0.1) is 23.7 Å². The average molecular weight is 406 g/mol. The molecule has 1 saturated heterocycles. The minimum atomic E-state index is -0.232. The van der Waals surface area contributed by atoms with Crippen molar-refractivity contribution in [1.82, 2.24) is 10.2 Å². The number of amides is 1. The summed E-state index contributed by atoms with van der Waals surface area (Å²) in [5, 5.41) is 3.45. The van der Waals surface area contributed by atoms with Crippen LogP contribution in [-0.2, 0) is 0 Å². The second kappa shape index (κ2) is 8.22. The molecular weight excluding hydrogens is 384 g/mol. The van der Waals surface area contributed by atoms with E-state index >= 15 is 0 Å². The molecule has 128 valence electrons. The SMILES string of the molecule is CCN1CCCC(NC(=O)c2c(OC)c(Cl)cc(Br)c2OC)C1. The summed E-state index contributed by atoms with van der Waals surface area (Å²) in [6.45, 7) is 5.05. The summed E-state index contributed by atoms with van der Waals surface area (Å²) in [6, 6.07) is 1.78. The van der Waals surface area contributed by atoms with Crippen LogP contribution in [0.4, 0.5) is 0 Å². The van der Waals surface area contributed by atoms with E-state index in [0.717, 1.165) is 32.5 Å². The molecule has 5 nitrogen and oxygen atoms in total. The summed E-state index contributed by atoms with van der Waals surface area (Å²) in [7, 11) is 3.01. The van der Waals surface area contributed by atoms with Gasteiger partial charge in [0.2, 0.25) is 0 Å². The fraction of sp³-hybridized carbons (Fsp3) is 0.562. The Bertz CT molecular complexity index is 555. The van der Waals surface area contributed by atoms with Crippen LogP contribution >= 0.6 is 27.5 Å². The molecule has 2 rings (SSSR count). The normalized spacial score (nSPS) is 18.6. The molecule has 0 aromatic heterocycles. The molecule has 7 heteroatoms. The van der Waals surface area contributed by atoms with Crippen molar-refractivity contribution >= 4 is 33.4 Å². The fourth-order valence-corrected chi connectivity index (χ4v) is 3.91. The largest absolute Gasteiger partial charge is 0.495 e. The van der Waals surface area contributed by atoms with Crippen LogP contribution in [0.3, 0.4) is 0 Å². The lowest BCUT2D eigenvalue weighted by atomic mass is 10.0. The zero-order chi connectivity index (χ0) is 17.0. The summed E-state index contributed by atoms with van der Waals surface area (Å²) in [4.78, 5) is 15.1. The van der Waals surface area contributed by atoms with Gasteiger partial charge in [-0.15, -0.1) is 0 Å². The summed E-state index contributed by atoms with van der Waals surface area (Å²) in [6.07, 6.45) is 2.04. The first-order valence-electron chi connectivity index (χ1n) is 7.65. The number of carbonyl (C=O) groups excluding carboxylic acids is 1. The number of piperidine rings is 1. The molecule has 1 heterocycles. The first-order valence-corrected chi connectivity index (χ1v) is 8.82. The molecule has 0 spiro atoms. The Kier molecular flexibility index (Phi) is 6.56. The zero-order valence-electron chi connectivity index (χ0n) is 13.6. The Morgan fingerprint density at radius 1 is 1.43 bits per heavy atom. The molecule has 1 N–H and O–H groups in total. The highest BCUT2D eigenvalue weighted by Gasteiger charge is 2.27. The Labute approximate surface area is 150 Å². The topological polar surface area (TPSA) is 50.8 Å². The van der Waals surface area contributed by atoms with Crippen molar-refractivity contribution in [3.63, 3.8) is 0 Å². The molecule has 0 aliphatic carbocycles. The lowest BCUT2D eigenvalue weighted by Gasteiger charge is -2.32. The molecule has 1 aliphatic heterocycles. The Balaban J connectivity index is 2.27. The third-order valence-corrected chi connectivity index (χ3v) is 4.93. The highest BCUT2D eigenvalue weighted by atomic mass is 79.9. The van der Waals surface area contributed by atoms with E-state index in [1.807, 2.05) is 0 Å². The van der Waals surface area contributed by atoms with Gasteiger partial charge < -0.3 is 19.7 Å². The van der Waals surface area contributed by atoms with Gasteiger partial charge in [0.1, 0.15) is 11.3 Å². The minimum Gasteiger partial charge on any atom is -0.495 e. The van der Waals surface area contributed by atoms with E-state index in [9.17, 15) is 4.79 Å². The predicted octanol–water partition coefficient (Wildman–Crippen LogP) is 3.33. The molecule has 1 unspecified atom stereocenters. The molecule has 1 aliphatic rings. The summed E-state index contributed by atoms with van der Waals surface area (Å²) >= 11 is 9.58. The van der Waals surface area contributed by atoms with Crippen LogP contribution in [0.15, 0.2) is 10.5 Å². The first kappa shape index (κ1) is 18.4. The van der Waals surface area contributed by atoms with Crippen molar-refractivity contribution in [3.8, 4) is 11.5 Å². The van der Waals surface area contributed by atoms with Crippen LogP contribution in [0.2, 0.25) is 5.02 Å². The molecule has 0 bridgehead atoms. The number of rotatable bonds is 5. The van der Waals surface area contributed by atoms with Crippen molar-refractivity contribution in [2.75, 3.05) is 33.9 Å². The van der Waals surface area contributed by atoms with Gasteiger partial charge in [-0.05, 0) is 47.9 Å². The molecule has 1 aromatic carbocycles. The standard InChI is InChI=1S/C16H22BrClN2O3/c1-4-20-7-5-6-10(9-20)19-16(21)13-14(22-2)11(17)8-12(18)15(13)23-3/h8,10H,4-7,9H2,1-3H3,(H,19,21). The number of carbonyl (C=O) groups is 1. The maximum absolute atomic E-state index is 12.8. The van der Waals surface area contributed by atoms with E-state index in [2.05, 4.69) is 33.1 Å². The summed E-state index contributed by atoms with van der Waals surface area (Å²) < 4.78 is 11.3. The smallest absolute Gasteiger partial charge is 0.259 e. The molecule has 0 saturated carbocycles. The zero-order valence-corrected chi connectivity index (χ0v) is 16.0. The number of likely N-dealkylation sites (tertiary alicyclic amines) is 1. The molecule has 1 aromatic rings. The second-order valence-electron chi connectivity index (χ2n) is 5.49. The first-order chi connectivity index (χ1) is 11.0. The van der Waals surface area contributed by atoms with Crippen LogP contribution in [0.5, 0.6) is 11.5 Å². The number of nitrogens with zero attached hydrogens (tertiary/aromatic N) is 1. The van der Waals surface area contributed by atoms with Gasteiger partial charge in [0.25, 0.3) is 5.91 Å². The number of benzene rings is 1. The molecule has 1 amide bonds. The predicted molar refractivity (Wildman–Crippen MR) is 94.9 cm³/mol. The van der Waals surface area contributed by atoms with Crippen molar-refractivity contribution < 1.29 is 14.3 Å². The van der Waals surface area contributed by atoms with Gasteiger partial charge in [0.15, 0.2) is 5.75 Å². The van der Waals surface area contributed by atoms with Crippen LogP contribution in [0.1, 0.15) is 30.1 Å². The maximum Gasteiger partial charge on any atom is 0.259 e. The van der Waals surface area contributed by atoms with Crippen LogP contribution in [-0.4, -0.2) is 50.7 Å². The van der Waals surface area contributed by atoms with Gasteiger partial charge >= 0.3 is 0 Å². The number of hydrogen-bond acceptors (Lipinski definition) is 4. The number of methoxy groups -OCH3 is 2. The number of ether oxygens (including phenoxy) is 2. The van der Waals surface area contributed by atoms with Gasteiger partial charge in [-0.1, -0.05) is 18.5 Å². The van der Waals surface area contributed by atoms with Crippen molar-refractivity contribution in [2.24, 2.45) is 0 Å². The van der Waals surface area contributed by atoms with Crippen LogP contribution < -0.4 is 14.8 Å². The van der Waals surface area contributed by atoms with E-state index in [0.29, 0.717) is 26.6 Å². The Morgan fingerprint density at radius 3 is 2.74 bits per heavy atom. The van der Waals surface area contributed by atoms with E-state index in [1.165, 1.54) is 14.2 Å². The summed E-state index contributed by atoms with van der Waals surface area (Å²) in [5.74, 6) is 0.518. The van der Waals surface area contributed by atoms with Crippen LogP contribution in [0, 0.1) is 0 Å². The number of nitrogens with one attached hydrogen (secondary N) is 1. The minimum absolute atomic E-state index is 0.114.